The van der Waals surface area contributed by atoms with Crippen LogP contribution >= 0.6 is 0 Å². The Bertz CT molecular complexity index is 752. The van der Waals surface area contributed by atoms with E-state index in [9.17, 15) is 9.59 Å². The van der Waals surface area contributed by atoms with E-state index >= 15 is 0 Å². The molecule has 0 saturated carbocycles. The molecule has 0 saturated heterocycles. The molecule has 0 heterocycles. The van der Waals surface area contributed by atoms with Crippen LogP contribution in [0.5, 0.6) is 5.75 Å². The number of hydrogen-bond acceptors (Lipinski definition) is 3. The van der Waals surface area contributed by atoms with Crippen molar-refractivity contribution in [3.05, 3.63) is 59.2 Å². The van der Waals surface area contributed by atoms with Gasteiger partial charge in [0.15, 0.2) is 6.61 Å². The highest BCUT2D eigenvalue weighted by atomic mass is 16.5. The molecule has 0 spiro atoms. The van der Waals surface area contributed by atoms with E-state index in [4.69, 9.17) is 4.74 Å². The minimum atomic E-state index is -0.227. The maximum absolute atomic E-state index is 12.0. The van der Waals surface area contributed by atoms with Crippen molar-refractivity contribution in [1.82, 2.24) is 4.90 Å². The maximum atomic E-state index is 12.0. The average Bonchev–Trinajstić information content (AvgIpc) is 2.57. The Morgan fingerprint density at radius 3 is 2.28 bits per heavy atom. The van der Waals surface area contributed by atoms with E-state index in [1.54, 1.807) is 31.1 Å². The third-order valence-electron chi connectivity index (χ3n) is 3.94. The fourth-order valence-electron chi connectivity index (χ4n) is 2.19. The second kappa shape index (κ2) is 8.33. The number of carbonyl (C=O) groups excluding carboxylic acids is 2. The monoisotopic (exact) mass is 340 g/mol. The normalized spacial score (nSPS) is 10.2. The Balaban J connectivity index is 1.85. The molecule has 0 atom stereocenters. The van der Waals surface area contributed by atoms with E-state index < -0.39 is 0 Å². The summed E-state index contributed by atoms with van der Waals surface area (Å²) in [5.74, 6) is 0.490. The Hall–Kier alpha value is -2.82. The number of benzene rings is 2. The molecule has 0 bridgehead atoms. The number of nitrogens with one attached hydrogen (secondary N) is 1. The van der Waals surface area contributed by atoms with Crippen LogP contribution < -0.4 is 10.1 Å². The van der Waals surface area contributed by atoms with Gasteiger partial charge < -0.3 is 15.0 Å². The first-order valence-electron chi connectivity index (χ1n) is 8.14. The third-order valence-corrected chi connectivity index (χ3v) is 3.94. The van der Waals surface area contributed by atoms with Gasteiger partial charge in [0.05, 0.1) is 6.42 Å². The van der Waals surface area contributed by atoms with Gasteiger partial charge in [-0.3, -0.25) is 9.59 Å². The number of nitrogens with zero attached hydrogens (tertiary/aromatic N) is 1. The average molecular weight is 340 g/mol. The zero-order valence-corrected chi connectivity index (χ0v) is 15.1. The maximum Gasteiger partial charge on any atom is 0.262 e. The third kappa shape index (κ3) is 5.64. The molecule has 0 aliphatic rings. The van der Waals surface area contributed by atoms with Gasteiger partial charge in [-0.1, -0.05) is 18.2 Å². The second-order valence-corrected chi connectivity index (χ2v) is 6.24. The molecule has 0 unspecified atom stereocenters. The molecule has 1 N–H and O–H groups in total. The van der Waals surface area contributed by atoms with Crippen LogP contribution in [0.15, 0.2) is 42.5 Å². The SMILES string of the molecule is Cc1ccc(OCC(=O)Nc2ccc(CC(=O)N(C)C)cc2)cc1C. The van der Waals surface area contributed by atoms with Gasteiger partial charge >= 0.3 is 0 Å². The topological polar surface area (TPSA) is 58.6 Å². The summed E-state index contributed by atoms with van der Waals surface area (Å²) < 4.78 is 5.52. The van der Waals surface area contributed by atoms with Crippen molar-refractivity contribution in [2.75, 3.05) is 26.0 Å². The predicted octanol–water partition coefficient (Wildman–Crippen LogP) is 2.95. The first-order valence-corrected chi connectivity index (χ1v) is 8.14. The van der Waals surface area contributed by atoms with Crippen LogP contribution in [-0.4, -0.2) is 37.4 Å². The molecular formula is C20H24N2O3. The van der Waals surface area contributed by atoms with E-state index in [1.807, 2.05) is 44.2 Å². The highest BCUT2D eigenvalue weighted by Crippen LogP contribution is 2.16. The van der Waals surface area contributed by atoms with Crippen molar-refractivity contribution < 1.29 is 14.3 Å². The second-order valence-electron chi connectivity index (χ2n) is 6.24. The number of likely N-dealkylation sites (N-methyl/N-ethyl adjacent to an activating group) is 1. The molecule has 2 aromatic rings. The zero-order chi connectivity index (χ0) is 18.4. The minimum Gasteiger partial charge on any atom is -0.484 e. The highest BCUT2D eigenvalue weighted by molar-refractivity contribution is 5.92. The number of hydrogen-bond donors (Lipinski definition) is 1. The first-order chi connectivity index (χ1) is 11.8. The Morgan fingerprint density at radius 2 is 1.68 bits per heavy atom. The van der Waals surface area contributed by atoms with Gasteiger partial charge in [0.1, 0.15) is 5.75 Å². The lowest BCUT2D eigenvalue weighted by atomic mass is 10.1. The van der Waals surface area contributed by atoms with Gasteiger partial charge in [0.25, 0.3) is 5.91 Å². The van der Waals surface area contributed by atoms with Crippen LogP contribution in [0.2, 0.25) is 0 Å². The zero-order valence-electron chi connectivity index (χ0n) is 15.1. The van der Waals surface area contributed by atoms with Crippen LogP contribution in [0, 0.1) is 13.8 Å². The van der Waals surface area contributed by atoms with E-state index in [-0.39, 0.29) is 18.4 Å². The summed E-state index contributed by atoms with van der Waals surface area (Å²) in [6, 6.07) is 13.0. The summed E-state index contributed by atoms with van der Waals surface area (Å²) in [7, 11) is 3.46. The van der Waals surface area contributed by atoms with Crippen LogP contribution in [0.3, 0.4) is 0 Å². The molecule has 2 rings (SSSR count). The Kier molecular flexibility index (Phi) is 6.17. The molecule has 2 aromatic carbocycles. The quantitative estimate of drug-likeness (QED) is 0.879. The number of ether oxygens (including phenoxy) is 1. The molecule has 132 valence electrons. The number of carbonyl (C=O) groups is 2. The van der Waals surface area contributed by atoms with Crippen LogP contribution in [0.4, 0.5) is 5.69 Å². The van der Waals surface area contributed by atoms with Crippen molar-refractivity contribution in [3.63, 3.8) is 0 Å². The van der Waals surface area contributed by atoms with Gasteiger partial charge in [-0.25, -0.2) is 0 Å². The number of aryl methyl sites for hydroxylation is 2. The van der Waals surface area contributed by atoms with E-state index in [1.165, 1.54) is 5.56 Å². The summed E-state index contributed by atoms with van der Waals surface area (Å²) >= 11 is 0. The lowest BCUT2D eigenvalue weighted by molar-refractivity contribution is -0.128. The highest BCUT2D eigenvalue weighted by Gasteiger charge is 2.07. The molecule has 25 heavy (non-hydrogen) atoms. The smallest absolute Gasteiger partial charge is 0.262 e. The molecule has 0 aliphatic heterocycles. The van der Waals surface area contributed by atoms with Crippen molar-refractivity contribution in [2.24, 2.45) is 0 Å². The predicted molar refractivity (Wildman–Crippen MR) is 98.9 cm³/mol. The lowest BCUT2D eigenvalue weighted by Crippen LogP contribution is -2.23. The molecule has 5 heteroatoms. The number of rotatable bonds is 6. The minimum absolute atomic E-state index is 0.0403. The van der Waals surface area contributed by atoms with Crippen LogP contribution in [0.25, 0.3) is 0 Å². The summed E-state index contributed by atoms with van der Waals surface area (Å²) in [4.78, 5) is 25.2. The van der Waals surface area contributed by atoms with Crippen molar-refractivity contribution >= 4 is 17.5 Å². The lowest BCUT2D eigenvalue weighted by Gasteiger charge is -2.11. The largest absolute Gasteiger partial charge is 0.484 e. The Morgan fingerprint density at radius 1 is 1.00 bits per heavy atom. The number of amides is 2. The fourth-order valence-corrected chi connectivity index (χ4v) is 2.19. The molecule has 0 fully saturated rings. The molecule has 0 aliphatic carbocycles. The molecule has 2 amide bonds. The van der Waals surface area contributed by atoms with Gasteiger partial charge in [-0.2, -0.15) is 0 Å². The van der Waals surface area contributed by atoms with E-state index in [0.29, 0.717) is 17.9 Å². The standard InChI is InChI=1S/C20H24N2O3/c1-14-5-10-18(11-15(14)2)25-13-19(23)21-17-8-6-16(7-9-17)12-20(24)22(3)4/h5-11H,12-13H2,1-4H3,(H,21,23). The summed E-state index contributed by atoms with van der Waals surface area (Å²) in [6.45, 7) is 3.98. The van der Waals surface area contributed by atoms with Crippen molar-refractivity contribution in [1.29, 1.82) is 0 Å². The van der Waals surface area contributed by atoms with E-state index in [2.05, 4.69) is 5.32 Å². The van der Waals surface area contributed by atoms with Gasteiger partial charge in [-0.15, -0.1) is 0 Å². The summed E-state index contributed by atoms with van der Waals surface area (Å²) in [5, 5.41) is 2.78. The molecule has 0 aromatic heterocycles. The summed E-state index contributed by atoms with van der Waals surface area (Å²) in [6.07, 6.45) is 0.344. The van der Waals surface area contributed by atoms with Crippen molar-refractivity contribution in [3.8, 4) is 5.75 Å². The van der Waals surface area contributed by atoms with Crippen LogP contribution in [-0.2, 0) is 16.0 Å². The first kappa shape index (κ1) is 18.5. The van der Waals surface area contributed by atoms with Crippen LogP contribution in [0.1, 0.15) is 16.7 Å². The Labute approximate surface area is 148 Å². The fraction of sp³-hybridized carbons (Fsp3) is 0.300. The molecule has 5 nitrogen and oxygen atoms in total. The van der Waals surface area contributed by atoms with Gasteiger partial charge in [0.2, 0.25) is 5.91 Å². The van der Waals surface area contributed by atoms with Gasteiger partial charge in [0, 0.05) is 19.8 Å². The summed E-state index contributed by atoms with van der Waals surface area (Å²) in [5.41, 5.74) is 3.89. The van der Waals surface area contributed by atoms with Gasteiger partial charge in [-0.05, 0) is 54.8 Å². The molecule has 0 radical (unpaired) electrons. The van der Waals surface area contributed by atoms with Crippen molar-refractivity contribution in [2.45, 2.75) is 20.3 Å². The van der Waals surface area contributed by atoms with E-state index in [0.717, 1.165) is 11.1 Å². The number of anilines is 1. The molecular weight excluding hydrogens is 316 g/mol.